The highest BCUT2D eigenvalue weighted by Gasteiger charge is 2.21. The molecule has 0 atom stereocenters. The van der Waals surface area contributed by atoms with E-state index < -0.39 is 0 Å². The van der Waals surface area contributed by atoms with Gasteiger partial charge >= 0.3 is 0 Å². The quantitative estimate of drug-likeness (QED) is 0.537. The Morgan fingerprint density at radius 2 is 1.79 bits per heavy atom. The lowest BCUT2D eigenvalue weighted by Gasteiger charge is -2.35. The molecule has 0 bridgehead atoms. The number of halogens is 1. The Hall–Kier alpha value is -3.32. The molecule has 0 saturated carbocycles. The Labute approximate surface area is 168 Å². The molecule has 1 aliphatic heterocycles. The molecule has 4 heterocycles. The summed E-state index contributed by atoms with van der Waals surface area (Å²) in [5.41, 5.74) is 3.55. The predicted molar refractivity (Wildman–Crippen MR) is 110 cm³/mol. The summed E-state index contributed by atoms with van der Waals surface area (Å²) in [6, 6.07) is 12.6. The summed E-state index contributed by atoms with van der Waals surface area (Å²) in [6.07, 6.45) is 7.29. The number of imidazole rings is 1. The van der Waals surface area contributed by atoms with E-state index in [0.29, 0.717) is 0 Å². The van der Waals surface area contributed by atoms with Crippen LogP contribution in [-0.4, -0.2) is 50.4 Å². The molecule has 0 amide bonds. The predicted octanol–water partition coefficient (Wildman–Crippen LogP) is 3.25. The van der Waals surface area contributed by atoms with Crippen molar-refractivity contribution >= 4 is 11.5 Å². The molecule has 29 heavy (non-hydrogen) atoms. The third-order valence-electron chi connectivity index (χ3n) is 5.31. The average Bonchev–Trinajstić information content (AvgIpc) is 3.19. The number of pyridine rings is 1. The van der Waals surface area contributed by atoms with E-state index >= 15 is 0 Å². The van der Waals surface area contributed by atoms with Crippen LogP contribution in [0.5, 0.6) is 0 Å². The SMILES string of the molecule is Fc1cccc(-c2cnc3c(N4CCN(Cc5ccccn5)CC4)nccn23)c1. The second kappa shape index (κ2) is 7.60. The van der Waals surface area contributed by atoms with Crippen molar-refractivity contribution in [2.75, 3.05) is 31.1 Å². The van der Waals surface area contributed by atoms with Crippen LogP contribution in [0.3, 0.4) is 0 Å². The van der Waals surface area contributed by atoms with Crippen LogP contribution in [0.15, 0.2) is 67.3 Å². The number of piperazine rings is 1. The van der Waals surface area contributed by atoms with Gasteiger partial charge in [-0.2, -0.15) is 0 Å². The number of fused-ring (bicyclic) bond motifs is 1. The molecule has 3 aromatic heterocycles. The molecule has 6 nitrogen and oxygen atoms in total. The van der Waals surface area contributed by atoms with Crippen LogP contribution in [0, 0.1) is 5.82 Å². The van der Waals surface area contributed by atoms with E-state index in [1.54, 1.807) is 18.5 Å². The standard InChI is InChI=1S/C22H21FN6/c23-18-5-3-4-17(14-18)20-15-26-22-21(25-8-9-29(20)22)28-12-10-27(11-13-28)16-19-6-1-2-7-24-19/h1-9,14-15H,10-13,16H2. The maximum atomic E-state index is 13.7. The second-order valence-corrected chi connectivity index (χ2v) is 7.18. The largest absolute Gasteiger partial charge is 0.351 e. The number of hydrogen-bond acceptors (Lipinski definition) is 5. The number of benzene rings is 1. The molecule has 0 N–H and O–H groups in total. The molecule has 0 aliphatic carbocycles. The van der Waals surface area contributed by atoms with Crippen LogP contribution >= 0.6 is 0 Å². The van der Waals surface area contributed by atoms with E-state index in [2.05, 4.69) is 30.8 Å². The normalized spacial score (nSPS) is 15.1. The number of rotatable bonds is 4. The molecule has 1 fully saturated rings. The Kier molecular flexibility index (Phi) is 4.65. The molecule has 0 spiro atoms. The lowest BCUT2D eigenvalue weighted by atomic mass is 10.1. The number of nitrogens with zero attached hydrogens (tertiary/aromatic N) is 6. The van der Waals surface area contributed by atoms with Gasteiger partial charge in [0, 0.05) is 56.9 Å². The summed E-state index contributed by atoms with van der Waals surface area (Å²) >= 11 is 0. The zero-order valence-electron chi connectivity index (χ0n) is 15.9. The van der Waals surface area contributed by atoms with E-state index in [1.165, 1.54) is 12.1 Å². The highest BCUT2D eigenvalue weighted by atomic mass is 19.1. The minimum Gasteiger partial charge on any atom is -0.351 e. The van der Waals surface area contributed by atoms with Crippen molar-refractivity contribution in [3.8, 4) is 11.3 Å². The molecule has 7 heteroatoms. The highest BCUT2D eigenvalue weighted by Crippen LogP contribution is 2.26. The zero-order valence-corrected chi connectivity index (χ0v) is 15.9. The van der Waals surface area contributed by atoms with Crippen molar-refractivity contribution in [1.82, 2.24) is 24.3 Å². The van der Waals surface area contributed by atoms with Gasteiger partial charge < -0.3 is 4.90 Å². The third-order valence-corrected chi connectivity index (χ3v) is 5.31. The molecule has 5 rings (SSSR count). The average molecular weight is 388 g/mol. The van der Waals surface area contributed by atoms with Crippen LogP contribution in [0.1, 0.15) is 5.69 Å². The van der Waals surface area contributed by atoms with Gasteiger partial charge in [0.25, 0.3) is 0 Å². The van der Waals surface area contributed by atoms with E-state index in [9.17, 15) is 4.39 Å². The zero-order chi connectivity index (χ0) is 19.6. The number of aromatic nitrogens is 4. The molecule has 4 aromatic rings. The molecule has 0 radical (unpaired) electrons. The summed E-state index contributed by atoms with van der Waals surface area (Å²) in [5.74, 6) is 0.614. The van der Waals surface area contributed by atoms with Gasteiger partial charge in [-0.25, -0.2) is 14.4 Å². The van der Waals surface area contributed by atoms with Crippen LogP contribution in [0.4, 0.5) is 10.2 Å². The summed E-state index contributed by atoms with van der Waals surface area (Å²) < 4.78 is 15.6. The van der Waals surface area contributed by atoms with Crippen molar-refractivity contribution in [3.63, 3.8) is 0 Å². The topological polar surface area (TPSA) is 49.6 Å². The fourth-order valence-corrected chi connectivity index (χ4v) is 3.83. The first-order valence-electron chi connectivity index (χ1n) is 9.73. The summed E-state index contributed by atoms with van der Waals surface area (Å²) in [6.45, 7) is 4.50. The van der Waals surface area contributed by atoms with Gasteiger partial charge in [-0.3, -0.25) is 14.3 Å². The Morgan fingerprint density at radius 1 is 0.897 bits per heavy atom. The number of anilines is 1. The van der Waals surface area contributed by atoms with Crippen LogP contribution in [-0.2, 0) is 6.54 Å². The van der Waals surface area contributed by atoms with Crippen LogP contribution in [0.25, 0.3) is 16.9 Å². The monoisotopic (exact) mass is 388 g/mol. The lowest BCUT2D eigenvalue weighted by Crippen LogP contribution is -2.46. The van der Waals surface area contributed by atoms with Gasteiger partial charge in [0.05, 0.1) is 17.6 Å². The van der Waals surface area contributed by atoms with Crippen molar-refractivity contribution in [2.45, 2.75) is 6.54 Å². The molecular weight excluding hydrogens is 367 g/mol. The lowest BCUT2D eigenvalue weighted by molar-refractivity contribution is 0.246. The second-order valence-electron chi connectivity index (χ2n) is 7.18. The van der Waals surface area contributed by atoms with Crippen molar-refractivity contribution in [2.24, 2.45) is 0 Å². The van der Waals surface area contributed by atoms with Gasteiger partial charge in [0.15, 0.2) is 11.5 Å². The molecule has 1 aliphatic rings. The van der Waals surface area contributed by atoms with E-state index in [-0.39, 0.29) is 5.82 Å². The fraction of sp³-hybridized carbons (Fsp3) is 0.227. The first-order chi connectivity index (χ1) is 14.3. The molecule has 146 valence electrons. The van der Waals surface area contributed by atoms with Gasteiger partial charge in [-0.15, -0.1) is 0 Å². The number of hydrogen-bond donors (Lipinski definition) is 0. The summed E-state index contributed by atoms with van der Waals surface area (Å²) in [5, 5.41) is 0. The smallest absolute Gasteiger partial charge is 0.180 e. The van der Waals surface area contributed by atoms with Gasteiger partial charge in [-0.1, -0.05) is 18.2 Å². The Balaban J connectivity index is 1.36. The Morgan fingerprint density at radius 3 is 2.59 bits per heavy atom. The maximum absolute atomic E-state index is 13.7. The van der Waals surface area contributed by atoms with Crippen molar-refractivity contribution < 1.29 is 4.39 Å². The van der Waals surface area contributed by atoms with Gasteiger partial charge in [0.2, 0.25) is 0 Å². The van der Waals surface area contributed by atoms with Crippen molar-refractivity contribution in [3.05, 3.63) is 78.8 Å². The third kappa shape index (κ3) is 3.56. The van der Waals surface area contributed by atoms with Gasteiger partial charge in [0.1, 0.15) is 5.82 Å². The molecule has 1 saturated heterocycles. The van der Waals surface area contributed by atoms with Gasteiger partial charge in [-0.05, 0) is 24.3 Å². The molecule has 1 aromatic carbocycles. The van der Waals surface area contributed by atoms with Crippen LogP contribution in [0.2, 0.25) is 0 Å². The first kappa shape index (κ1) is 17.8. The minimum absolute atomic E-state index is 0.254. The van der Waals surface area contributed by atoms with E-state index in [0.717, 1.165) is 61.1 Å². The maximum Gasteiger partial charge on any atom is 0.180 e. The van der Waals surface area contributed by atoms with Crippen molar-refractivity contribution in [1.29, 1.82) is 0 Å². The minimum atomic E-state index is -0.254. The Bertz CT molecular complexity index is 1120. The molecular formula is C22H21FN6. The summed E-state index contributed by atoms with van der Waals surface area (Å²) in [7, 11) is 0. The van der Waals surface area contributed by atoms with Crippen LogP contribution < -0.4 is 4.90 Å². The first-order valence-corrected chi connectivity index (χ1v) is 9.73. The summed E-state index contributed by atoms with van der Waals surface area (Å²) in [4.78, 5) is 18.3. The van der Waals surface area contributed by atoms with E-state index in [4.69, 9.17) is 0 Å². The highest BCUT2D eigenvalue weighted by molar-refractivity contribution is 5.71. The molecule has 0 unspecified atom stereocenters. The fourth-order valence-electron chi connectivity index (χ4n) is 3.83. The van der Waals surface area contributed by atoms with E-state index in [1.807, 2.05) is 35.0 Å².